The van der Waals surface area contributed by atoms with Gasteiger partial charge in [0, 0.05) is 43.8 Å². The second-order valence-electron chi connectivity index (χ2n) is 6.89. The molecule has 1 saturated carbocycles. The number of hydrogen-bond donors (Lipinski definition) is 1. The number of piperazine rings is 1. The number of amides is 1. The first-order valence-electron chi connectivity index (χ1n) is 8.84. The molecule has 1 aromatic rings. The fourth-order valence-corrected chi connectivity index (χ4v) is 4.37. The van der Waals surface area contributed by atoms with Gasteiger partial charge in [-0.1, -0.05) is 19.8 Å². The highest BCUT2D eigenvalue weighted by atomic mass is 32.1. The summed E-state index contributed by atoms with van der Waals surface area (Å²) in [6.45, 7) is 8.06. The average molecular weight is 337 g/mol. The first-order valence-corrected chi connectivity index (χ1v) is 9.72. The standard InChI is InChI=1S/C17H28N4OS/c1-13-5-3-4-6-15(13)19-16(22)14(2)20-8-10-21(11-9-20)17-18-7-12-23-17/h7,12-15H,3-6,8-11H2,1-2H3,(H,19,22)/t13-,14-,15-/m1/s1. The van der Waals surface area contributed by atoms with Gasteiger partial charge in [-0.15, -0.1) is 11.3 Å². The highest BCUT2D eigenvalue weighted by Crippen LogP contribution is 2.24. The summed E-state index contributed by atoms with van der Waals surface area (Å²) in [5.74, 6) is 0.813. The molecule has 0 unspecified atom stereocenters. The molecule has 1 aliphatic carbocycles. The van der Waals surface area contributed by atoms with E-state index in [1.54, 1.807) is 11.3 Å². The van der Waals surface area contributed by atoms with Crippen molar-refractivity contribution in [3.63, 3.8) is 0 Å². The van der Waals surface area contributed by atoms with Crippen molar-refractivity contribution in [2.24, 2.45) is 5.92 Å². The summed E-state index contributed by atoms with van der Waals surface area (Å²) in [7, 11) is 0. The second-order valence-corrected chi connectivity index (χ2v) is 7.76. The maximum absolute atomic E-state index is 12.6. The van der Waals surface area contributed by atoms with Gasteiger partial charge in [0.15, 0.2) is 5.13 Å². The molecule has 1 aromatic heterocycles. The summed E-state index contributed by atoms with van der Waals surface area (Å²) < 4.78 is 0. The Labute approximate surface area is 143 Å². The van der Waals surface area contributed by atoms with Crippen LogP contribution in [-0.2, 0) is 4.79 Å². The molecule has 1 amide bonds. The van der Waals surface area contributed by atoms with E-state index in [1.165, 1.54) is 19.3 Å². The molecule has 0 aromatic carbocycles. The van der Waals surface area contributed by atoms with E-state index < -0.39 is 0 Å². The third-order valence-corrected chi connectivity index (χ3v) is 6.20. The lowest BCUT2D eigenvalue weighted by molar-refractivity contribution is -0.127. The predicted molar refractivity (Wildman–Crippen MR) is 94.9 cm³/mol. The lowest BCUT2D eigenvalue weighted by Crippen LogP contribution is -2.55. The molecule has 2 heterocycles. The fraction of sp³-hybridized carbons (Fsp3) is 0.765. The van der Waals surface area contributed by atoms with Crippen LogP contribution >= 0.6 is 11.3 Å². The molecule has 1 saturated heterocycles. The van der Waals surface area contributed by atoms with E-state index in [0.717, 1.165) is 37.7 Å². The Hall–Kier alpha value is -1.14. The first kappa shape index (κ1) is 16.7. The zero-order valence-corrected chi connectivity index (χ0v) is 15.0. The smallest absolute Gasteiger partial charge is 0.237 e. The lowest BCUT2D eigenvalue weighted by atomic mass is 9.86. The Balaban J connectivity index is 1.48. The van der Waals surface area contributed by atoms with Crippen LogP contribution in [0.4, 0.5) is 5.13 Å². The molecule has 0 spiro atoms. The molecule has 23 heavy (non-hydrogen) atoms. The highest BCUT2D eigenvalue weighted by Gasteiger charge is 2.29. The number of carbonyl (C=O) groups is 1. The van der Waals surface area contributed by atoms with Gasteiger partial charge in [0.25, 0.3) is 0 Å². The van der Waals surface area contributed by atoms with Gasteiger partial charge in [0.2, 0.25) is 5.91 Å². The van der Waals surface area contributed by atoms with Gasteiger partial charge in [0.1, 0.15) is 0 Å². The number of anilines is 1. The van der Waals surface area contributed by atoms with Gasteiger partial charge in [-0.25, -0.2) is 4.98 Å². The summed E-state index contributed by atoms with van der Waals surface area (Å²) >= 11 is 1.69. The van der Waals surface area contributed by atoms with Gasteiger partial charge >= 0.3 is 0 Å². The minimum Gasteiger partial charge on any atom is -0.352 e. The molecule has 2 aliphatic rings. The Kier molecular flexibility index (Phi) is 5.54. The van der Waals surface area contributed by atoms with Crippen LogP contribution in [0.2, 0.25) is 0 Å². The number of thiazole rings is 1. The maximum Gasteiger partial charge on any atom is 0.237 e. The third-order valence-electron chi connectivity index (χ3n) is 5.37. The van der Waals surface area contributed by atoms with E-state index in [1.807, 2.05) is 18.5 Å². The van der Waals surface area contributed by atoms with Crippen LogP contribution in [0.3, 0.4) is 0 Å². The Morgan fingerprint density at radius 3 is 2.70 bits per heavy atom. The van der Waals surface area contributed by atoms with E-state index in [2.05, 4.69) is 27.0 Å². The molecule has 128 valence electrons. The van der Waals surface area contributed by atoms with Crippen LogP contribution in [0.1, 0.15) is 39.5 Å². The summed E-state index contributed by atoms with van der Waals surface area (Å²) in [5.41, 5.74) is 0. The highest BCUT2D eigenvalue weighted by molar-refractivity contribution is 7.13. The van der Waals surface area contributed by atoms with E-state index in [9.17, 15) is 4.79 Å². The van der Waals surface area contributed by atoms with Crippen molar-refractivity contribution < 1.29 is 4.79 Å². The summed E-state index contributed by atoms with van der Waals surface area (Å²) in [6.07, 6.45) is 6.79. The molecule has 0 bridgehead atoms. The predicted octanol–water partition coefficient (Wildman–Crippen LogP) is 2.35. The molecule has 2 fully saturated rings. The quantitative estimate of drug-likeness (QED) is 0.917. The van der Waals surface area contributed by atoms with Crippen LogP contribution in [0, 0.1) is 5.92 Å². The van der Waals surface area contributed by atoms with Crippen LogP contribution in [0.15, 0.2) is 11.6 Å². The van der Waals surface area contributed by atoms with Crippen LogP contribution < -0.4 is 10.2 Å². The van der Waals surface area contributed by atoms with Crippen molar-refractivity contribution in [2.45, 2.75) is 51.6 Å². The molecule has 3 atom stereocenters. The minimum atomic E-state index is -0.0393. The number of carbonyl (C=O) groups excluding carboxylic acids is 1. The second kappa shape index (κ2) is 7.62. The minimum absolute atomic E-state index is 0.0393. The topological polar surface area (TPSA) is 48.5 Å². The average Bonchev–Trinajstić information content (AvgIpc) is 3.11. The zero-order valence-electron chi connectivity index (χ0n) is 14.2. The van der Waals surface area contributed by atoms with Crippen LogP contribution in [0.5, 0.6) is 0 Å². The van der Waals surface area contributed by atoms with E-state index in [4.69, 9.17) is 0 Å². The van der Waals surface area contributed by atoms with Gasteiger partial charge < -0.3 is 10.2 Å². The van der Waals surface area contributed by atoms with Gasteiger partial charge in [0.05, 0.1) is 6.04 Å². The van der Waals surface area contributed by atoms with Crippen molar-refractivity contribution >= 4 is 22.4 Å². The largest absolute Gasteiger partial charge is 0.352 e. The van der Waals surface area contributed by atoms with E-state index in [0.29, 0.717) is 12.0 Å². The number of hydrogen-bond acceptors (Lipinski definition) is 5. The molecule has 1 N–H and O–H groups in total. The molecular formula is C17H28N4OS. The Bertz CT molecular complexity index is 499. The number of nitrogens with zero attached hydrogens (tertiary/aromatic N) is 3. The molecule has 1 aliphatic heterocycles. The lowest BCUT2D eigenvalue weighted by Gasteiger charge is -2.38. The Morgan fingerprint density at radius 2 is 2.04 bits per heavy atom. The zero-order chi connectivity index (χ0) is 16.2. The molecule has 5 nitrogen and oxygen atoms in total. The van der Waals surface area contributed by atoms with Crippen LogP contribution in [0.25, 0.3) is 0 Å². The maximum atomic E-state index is 12.6. The number of rotatable bonds is 4. The van der Waals surface area contributed by atoms with Crippen molar-refractivity contribution in [1.82, 2.24) is 15.2 Å². The summed E-state index contributed by atoms with van der Waals surface area (Å²) in [4.78, 5) is 21.6. The van der Waals surface area contributed by atoms with Crippen molar-refractivity contribution in [2.75, 3.05) is 31.1 Å². The molecular weight excluding hydrogens is 308 g/mol. The van der Waals surface area contributed by atoms with Crippen molar-refractivity contribution in [1.29, 1.82) is 0 Å². The summed E-state index contributed by atoms with van der Waals surface area (Å²) in [6, 6.07) is 0.331. The first-order chi connectivity index (χ1) is 11.1. The number of aromatic nitrogens is 1. The van der Waals surface area contributed by atoms with Crippen molar-refractivity contribution in [3.8, 4) is 0 Å². The van der Waals surface area contributed by atoms with Gasteiger partial charge in [-0.05, 0) is 25.7 Å². The van der Waals surface area contributed by atoms with Crippen molar-refractivity contribution in [3.05, 3.63) is 11.6 Å². The van der Waals surface area contributed by atoms with Crippen LogP contribution in [-0.4, -0.2) is 54.1 Å². The fourth-order valence-electron chi connectivity index (χ4n) is 3.67. The monoisotopic (exact) mass is 336 g/mol. The molecule has 3 rings (SSSR count). The molecule has 6 heteroatoms. The van der Waals surface area contributed by atoms with Gasteiger partial charge in [-0.2, -0.15) is 0 Å². The summed E-state index contributed by atoms with van der Waals surface area (Å²) in [5, 5.41) is 6.41. The Morgan fingerprint density at radius 1 is 1.30 bits per heavy atom. The molecule has 0 radical (unpaired) electrons. The number of nitrogens with one attached hydrogen (secondary N) is 1. The van der Waals surface area contributed by atoms with E-state index in [-0.39, 0.29) is 11.9 Å². The van der Waals surface area contributed by atoms with E-state index >= 15 is 0 Å². The third kappa shape index (κ3) is 4.04. The van der Waals surface area contributed by atoms with Gasteiger partial charge in [-0.3, -0.25) is 9.69 Å². The normalized spacial score (nSPS) is 27.7. The SMILES string of the molecule is C[C@@H]1CCCC[C@H]1NC(=O)[C@@H](C)N1CCN(c2nccs2)CC1.